The van der Waals surface area contributed by atoms with Gasteiger partial charge in [0.05, 0.1) is 0 Å². The molecule has 0 fully saturated rings. The van der Waals surface area contributed by atoms with E-state index in [-0.39, 0.29) is 31.1 Å². The number of hydrogen-bond acceptors (Lipinski definition) is 6. The van der Waals surface area contributed by atoms with Gasteiger partial charge < -0.3 is 14.2 Å². The highest BCUT2D eigenvalue weighted by Crippen LogP contribution is 2.16. The molecule has 0 aromatic heterocycles. The van der Waals surface area contributed by atoms with Gasteiger partial charge >= 0.3 is 17.9 Å². The van der Waals surface area contributed by atoms with Crippen molar-refractivity contribution in [3.63, 3.8) is 0 Å². The summed E-state index contributed by atoms with van der Waals surface area (Å²) in [5.41, 5.74) is 0. The summed E-state index contributed by atoms with van der Waals surface area (Å²) < 4.78 is 16.6. The fourth-order valence-electron chi connectivity index (χ4n) is 7.89. The third-order valence-electron chi connectivity index (χ3n) is 12.0. The number of allylic oxidation sites excluding steroid dienone is 4. The molecule has 0 aromatic rings. The number of rotatable bonds is 49. The maximum atomic E-state index is 12.5. The van der Waals surface area contributed by atoms with E-state index in [1.165, 1.54) is 186 Å². The first-order valence-electron chi connectivity index (χ1n) is 26.8. The van der Waals surface area contributed by atoms with Gasteiger partial charge in [-0.2, -0.15) is 0 Å². The lowest BCUT2D eigenvalue weighted by molar-refractivity contribution is -0.167. The quantitative estimate of drug-likeness (QED) is 0.0262. The van der Waals surface area contributed by atoms with E-state index < -0.39 is 6.10 Å². The first kappa shape index (κ1) is 58.9. The molecule has 0 aliphatic heterocycles. The summed E-state index contributed by atoms with van der Waals surface area (Å²) in [5, 5.41) is 0. The van der Waals surface area contributed by atoms with Crippen molar-refractivity contribution in [1.82, 2.24) is 0 Å². The Kier molecular flexibility index (Phi) is 48.8. The lowest BCUT2D eigenvalue weighted by atomic mass is 10.0. The highest BCUT2D eigenvalue weighted by molar-refractivity contribution is 5.71. The van der Waals surface area contributed by atoms with Gasteiger partial charge in [-0.1, -0.05) is 244 Å². The van der Waals surface area contributed by atoms with Gasteiger partial charge in [0.15, 0.2) is 6.10 Å². The topological polar surface area (TPSA) is 78.9 Å². The molecule has 61 heavy (non-hydrogen) atoms. The van der Waals surface area contributed by atoms with Crippen molar-refractivity contribution >= 4 is 17.9 Å². The molecule has 358 valence electrons. The summed E-state index contributed by atoms with van der Waals surface area (Å²) in [6.07, 6.45) is 58.2. The zero-order valence-corrected chi connectivity index (χ0v) is 40.9. The Labute approximate surface area is 379 Å². The van der Waals surface area contributed by atoms with Crippen molar-refractivity contribution in [2.75, 3.05) is 13.2 Å². The average molecular weight is 859 g/mol. The van der Waals surface area contributed by atoms with Gasteiger partial charge in [0.1, 0.15) is 13.2 Å². The molecule has 1 atom stereocenters. The molecule has 0 spiro atoms. The van der Waals surface area contributed by atoms with Crippen LogP contribution >= 0.6 is 0 Å². The van der Waals surface area contributed by atoms with Crippen LogP contribution in [0.2, 0.25) is 0 Å². The minimum Gasteiger partial charge on any atom is -0.462 e. The Balaban J connectivity index is 3.78. The molecule has 0 aromatic carbocycles. The van der Waals surface area contributed by atoms with Gasteiger partial charge in [-0.05, 0) is 51.4 Å². The van der Waals surface area contributed by atoms with Crippen LogP contribution in [-0.4, -0.2) is 37.2 Å². The van der Waals surface area contributed by atoms with Crippen molar-refractivity contribution in [3.05, 3.63) is 24.3 Å². The number of esters is 3. The van der Waals surface area contributed by atoms with E-state index in [1.807, 2.05) is 0 Å². The number of unbranched alkanes of at least 4 members (excludes halogenated alkanes) is 34. The van der Waals surface area contributed by atoms with Crippen molar-refractivity contribution in [2.45, 2.75) is 297 Å². The monoisotopic (exact) mass is 859 g/mol. The lowest BCUT2D eigenvalue weighted by Gasteiger charge is -2.18. The Morgan fingerprint density at radius 1 is 0.328 bits per heavy atom. The highest BCUT2D eigenvalue weighted by Gasteiger charge is 2.19. The van der Waals surface area contributed by atoms with Crippen LogP contribution in [0.1, 0.15) is 290 Å². The molecule has 0 aliphatic carbocycles. The fourth-order valence-corrected chi connectivity index (χ4v) is 7.89. The summed E-state index contributed by atoms with van der Waals surface area (Å²) in [7, 11) is 0. The normalized spacial score (nSPS) is 12.1. The number of hydrogen-bond donors (Lipinski definition) is 0. The van der Waals surface area contributed by atoms with Crippen molar-refractivity contribution in [2.24, 2.45) is 0 Å². The van der Waals surface area contributed by atoms with Crippen molar-refractivity contribution in [3.8, 4) is 0 Å². The second-order valence-corrected chi connectivity index (χ2v) is 18.2. The molecule has 0 heterocycles. The van der Waals surface area contributed by atoms with Crippen LogP contribution < -0.4 is 0 Å². The van der Waals surface area contributed by atoms with Crippen LogP contribution in [0.5, 0.6) is 0 Å². The second-order valence-electron chi connectivity index (χ2n) is 18.2. The van der Waals surface area contributed by atoms with Gasteiger partial charge in [0, 0.05) is 19.3 Å². The van der Waals surface area contributed by atoms with E-state index in [1.54, 1.807) is 0 Å². The molecule has 6 nitrogen and oxygen atoms in total. The molecule has 0 saturated heterocycles. The van der Waals surface area contributed by atoms with E-state index in [0.29, 0.717) is 19.3 Å². The Morgan fingerprint density at radius 2 is 0.590 bits per heavy atom. The number of carbonyl (C=O) groups excluding carboxylic acids is 3. The van der Waals surface area contributed by atoms with Gasteiger partial charge in [-0.3, -0.25) is 14.4 Å². The van der Waals surface area contributed by atoms with Gasteiger partial charge in [0.25, 0.3) is 0 Å². The lowest BCUT2D eigenvalue weighted by Crippen LogP contribution is -2.30. The highest BCUT2D eigenvalue weighted by atomic mass is 16.6. The average Bonchev–Trinajstić information content (AvgIpc) is 3.26. The van der Waals surface area contributed by atoms with Crippen LogP contribution in [0.15, 0.2) is 24.3 Å². The molecular formula is C55H102O6. The minimum absolute atomic E-state index is 0.0673. The smallest absolute Gasteiger partial charge is 0.306 e. The molecule has 0 amide bonds. The van der Waals surface area contributed by atoms with Gasteiger partial charge in [0.2, 0.25) is 0 Å². The largest absolute Gasteiger partial charge is 0.462 e. The third kappa shape index (κ3) is 48.8. The van der Waals surface area contributed by atoms with E-state index in [2.05, 4.69) is 45.1 Å². The SMILES string of the molecule is CCCCCCC/C=C\C/C=C\CCCCCCCCCCCCCCCCCCCCCC(=O)OCC(COC(=O)CCCCCCCC)OC(=O)CCCCCCCC. The van der Waals surface area contributed by atoms with Gasteiger partial charge in [-0.25, -0.2) is 0 Å². The van der Waals surface area contributed by atoms with Crippen LogP contribution in [0.4, 0.5) is 0 Å². The standard InChI is InChI=1S/C55H102O6/c1-4-7-10-13-16-17-18-19-20-21-22-23-24-25-26-27-28-29-30-31-32-33-34-35-36-37-38-39-40-43-45-48-54(57)60-51-52(61-55(58)49-46-42-15-12-9-6-3)50-59-53(56)47-44-41-14-11-8-5-2/h18-19,21-22,52H,4-17,20,23-51H2,1-3H3/b19-18-,22-21-. The van der Waals surface area contributed by atoms with E-state index in [0.717, 1.165) is 64.2 Å². The number of carbonyl (C=O) groups is 3. The summed E-state index contributed by atoms with van der Waals surface area (Å²) in [5.74, 6) is -0.877. The van der Waals surface area contributed by atoms with E-state index in [9.17, 15) is 14.4 Å². The summed E-state index contributed by atoms with van der Waals surface area (Å²) in [6.45, 7) is 6.52. The second kappa shape index (κ2) is 50.5. The van der Waals surface area contributed by atoms with Gasteiger partial charge in [-0.15, -0.1) is 0 Å². The molecule has 0 N–H and O–H groups in total. The molecule has 0 radical (unpaired) electrons. The van der Waals surface area contributed by atoms with Crippen molar-refractivity contribution < 1.29 is 28.6 Å². The molecule has 0 saturated carbocycles. The molecule has 0 bridgehead atoms. The third-order valence-corrected chi connectivity index (χ3v) is 12.0. The number of ether oxygens (including phenoxy) is 3. The fraction of sp³-hybridized carbons (Fsp3) is 0.873. The maximum Gasteiger partial charge on any atom is 0.306 e. The van der Waals surface area contributed by atoms with E-state index >= 15 is 0 Å². The van der Waals surface area contributed by atoms with Crippen molar-refractivity contribution in [1.29, 1.82) is 0 Å². The van der Waals surface area contributed by atoms with Crippen LogP contribution in [-0.2, 0) is 28.6 Å². The minimum atomic E-state index is -0.759. The Bertz CT molecular complexity index is 989. The zero-order valence-electron chi connectivity index (χ0n) is 40.9. The van der Waals surface area contributed by atoms with Crippen LogP contribution in [0.3, 0.4) is 0 Å². The first-order valence-corrected chi connectivity index (χ1v) is 26.8. The Morgan fingerprint density at radius 3 is 0.902 bits per heavy atom. The molecule has 6 heteroatoms. The molecule has 1 unspecified atom stereocenters. The predicted octanol–water partition coefficient (Wildman–Crippen LogP) is 17.5. The van der Waals surface area contributed by atoms with Crippen LogP contribution in [0, 0.1) is 0 Å². The summed E-state index contributed by atoms with van der Waals surface area (Å²) >= 11 is 0. The Hall–Kier alpha value is -2.11. The molecular weight excluding hydrogens is 757 g/mol. The van der Waals surface area contributed by atoms with E-state index in [4.69, 9.17) is 14.2 Å². The predicted molar refractivity (Wildman–Crippen MR) is 261 cm³/mol. The summed E-state index contributed by atoms with van der Waals surface area (Å²) in [6, 6.07) is 0. The first-order chi connectivity index (χ1) is 30.0. The van der Waals surface area contributed by atoms with Crippen LogP contribution in [0.25, 0.3) is 0 Å². The molecule has 0 aliphatic rings. The molecule has 0 rings (SSSR count). The summed E-state index contributed by atoms with van der Waals surface area (Å²) in [4.78, 5) is 37.4. The zero-order chi connectivity index (χ0) is 44.4. The maximum absolute atomic E-state index is 12.5.